The molecule has 2 rings (SSSR count). The van der Waals surface area contributed by atoms with Gasteiger partial charge in [-0.25, -0.2) is 18.1 Å². The van der Waals surface area contributed by atoms with Gasteiger partial charge in [0.05, 0.1) is 12.4 Å². The van der Waals surface area contributed by atoms with E-state index >= 15 is 0 Å². The second-order valence-corrected chi connectivity index (χ2v) is 7.66. The minimum Gasteiger partial charge on any atom is -0.481 e. The maximum absolute atomic E-state index is 12.0. The summed E-state index contributed by atoms with van der Waals surface area (Å²) in [5, 5.41) is -0.430. The van der Waals surface area contributed by atoms with Crippen molar-refractivity contribution < 1.29 is 13.2 Å². The number of nitrogens with one attached hydrogen (secondary N) is 1. The smallest absolute Gasteiger partial charge is 0.228 e. The number of piperidine rings is 1. The number of hydrogen-bond donors (Lipinski definition) is 1. The molecule has 118 valence electrons. The first kappa shape index (κ1) is 16.0. The van der Waals surface area contributed by atoms with E-state index in [0.29, 0.717) is 18.4 Å². The van der Waals surface area contributed by atoms with Gasteiger partial charge in [0, 0.05) is 31.4 Å². The van der Waals surface area contributed by atoms with Crippen molar-refractivity contribution in [3.63, 3.8) is 0 Å². The molecule has 8 heteroatoms. The molecule has 0 aliphatic carbocycles. The minimum atomic E-state index is -3.26. The third-order valence-corrected chi connectivity index (χ3v) is 5.39. The van der Waals surface area contributed by atoms with E-state index in [1.54, 1.807) is 33.2 Å². The van der Waals surface area contributed by atoms with Crippen LogP contribution in [0.3, 0.4) is 0 Å². The number of ether oxygens (including phenoxy) is 1. The number of aromatic nitrogens is 2. The van der Waals surface area contributed by atoms with Crippen LogP contribution in [0, 0.1) is 0 Å². The van der Waals surface area contributed by atoms with Crippen molar-refractivity contribution in [3.05, 3.63) is 12.3 Å². The van der Waals surface area contributed by atoms with Crippen molar-refractivity contribution in [2.24, 2.45) is 0 Å². The molecule has 0 amide bonds. The summed E-state index contributed by atoms with van der Waals surface area (Å²) in [6.45, 7) is 4.73. The molecule has 0 spiro atoms. The highest BCUT2D eigenvalue weighted by molar-refractivity contribution is 7.90. The predicted molar refractivity (Wildman–Crippen MR) is 81.0 cm³/mol. The average Bonchev–Trinajstić information content (AvgIpc) is 2.47. The Morgan fingerprint density at radius 3 is 2.90 bits per heavy atom. The lowest BCUT2D eigenvalue weighted by molar-refractivity contribution is 0.394. The zero-order chi connectivity index (χ0) is 15.5. The van der Waals surface area contributed by atoms with Crippen molar-refractivity contribution in [3.8, 4) is 5.88 Å². The summed E-state index contributed by atoms with van der Waals surface area (Å²) >= 11 is 0. The van der Waals surface area contributed by atoms with Crippen molar-refractivity contribution in [2.75, 3.05) is 25.1 Å². The average molecular weight is 314 g/mol. The molecule has 21 heavy (non-hydrogen) atoms. The fraction of sp³-hybridized carbons (Fsp3) is 0.692. The van der Waals surface area contributed by atoms with E-state index in [0.717, 1.165) is 19.4 Å². The van der Waals surface area contributed by atoms with E-state index in [4.69, 9.17) is 4.74 Å². The Bertz CT molecular complexity index is 577. The summed E-state index contributed by atoms with van der Waals surface area (Å²) in [7, 11) is -1.70. The molecule has 0 radical (unpaired) electrons. The molecule has 0 saturated carbocycles. The molecule has 1 aromatic rings. The molecule has 1 aliphatic heterocycles. The highest BCUT2D eigenvalue weighted by atomic mass is 32.2. The van der Waals surface area contributed by atoms with Crippen LogP contribution in [0.25, 0.3) is 0 Å². The lowest BCUT2D eigenvalue weighted by Crippen LogP contribution is -2.49. The highest BCUT2D eigenvalue weighted by Crippen LogP contribution is 2.18. The van der Waals surface area contributed by atoms with E-state index in [9.17, 15) is 8.42 Å². The topological polar surface area (TPSA) is 84.4 Å². The fourth-order valence-corrected chi connectivity index (χ4v) is 3.15. The van der Waals surface area contributed by atoms with Gasteiger partial charge in [-0.15, -0.1) is 0 Å². The lowest BCUT2D eigenvalue weighted by atomic mass is 10.1. The van der Waals surface area contributed by atoms with Crippen LogP contribution in [0.15, 0.2) is 12.3 Å². The molecule has 1 atom stereocenters. The van der Waals surface area contributed by atoms with Crippen LogP contribution in [0.5, 0.6) is 5.88 Å². The fourth-order valence-electron chi connectivity index (χ4n) is 2.22. The first-order chi connectivity index (χ1) is 9.92. The standard InChI is InChI=1S/C13H22N4O3S/c1-10(2)21(18,19)16-11-5-4-8-17(9-11)13-14-7-6-12(15-13)20-3/h6-7,10-11,16H,4-5,8-9H2,1-3H3. The van der Waals surface area contributed by atoms with Gasteiger partial charge in [-0.3, -0.25) is 0 Å². The molecule has 1 unspecified atom stereocenters. The number of rotatable bonds is 5. The van der Waals surface area contributed by atoms with Gasteiger partial charge in [0.1, 0.15) is 0 Å². The largest absolute Gasteiger partial charge is 0.481 e. The Balaban J connectivity index is 2.07. The molecule has 2 heterocycles. The van der Waals surface area contributed by atoms with Crippen LogP contribution in [-0.2, 0) is 10.0 Å². The Hall–Kier alpha value is -1.41. The van der Waals surface area contributed by atoms with Crippen molar-refractivity contribution >= 4 is 16.0 Å². The van der Waals surface area contributed by atoms with Gasteiger partial charge >= 0.3 is 0 Å². The van der Waals surface area contributed by atoms with E-state index in [1.165, 1.54) is 0 Å². The second kappa shape index (κ2) is 6.57. The Morgan fingerprint density at radius 2 is 2.24 bits per heavy atom. The van der Waals surface area contributed by atoms with Crippen LogP contribution in [-0.4, -0.2) is 49.9 Å². The lowest BCUT2D eigenvalue weighted by Gasteiger charge is -2.33. The van der Waals surface area contributed by atoms with E-state index in [-0.39, 0.29) is 6.04 Å². The second-order valence-electron chi connectivity index (χ2n) is 5.40. The van der Waals surface area contributed by atoms with Gasteiger partial charge < -0.3 is 9.64 Å². The molecule has 1 aliphatic rings. The number of sulfonamides is 1. The van der Waals surface area contributed by atoms with Gasteiger partial charge in [-0.1, -0.05) is 0 Å². The normalized spacial score (nSPS) is 19.8. The minimum absolute atomic E-state index is 0.110. The monoisotopic (exact) mass is 314 g/mol. The third kappa shape index (κ3) is 4.04. The molecule has 1 aromatic heterocycles. The van der Waals surface area contributed by atoms with E-state index in [2.05, 4.69) is 14.7 Å². The zero-order valence-electron chi connectivity index (χ0n) is 12.6. The van der Waals surface area contributed by atoms with E-state index < -0.39 is 15.3 Å². The van der Waals surface area contributed by atoms with Gasteiger partial charge in [-0.05, 0) is 26.7 Å². The number of hydrogen-bond acceptors (Lipinski definition) is 6. The quantitative estimate of drug-likeness (QED) is 0.864. The molecular formula is C13H22N4O3S. The SMILES string of the molecule is COc1ccnc(N2CCCC(NS(=O)(=O)C(C)C)C2)n1. The summed E-state index contributed by atoms with van der Waals surface area (Å²) in [6.07, 6.45) is 3.36. The number of nitrogens with zero attached hydrogens (tertiary/aromatic N) is 3. The molecule has 1 saturated heterocycles. The first-order valence-corrected chi connectivity index (χ1v) is 8.60. The van der Waals surface area contributed by atoms with Gasteiger partial charge in [0.25, 0.3) is 0 Å². The molecule has 0 aromatic carbocycles. The predicted octanol–water partition coefficient (Wildman–Crippen LogP) is 0.782. The molecule has 1 fully saturated rings. The number of methoxy groups -OCH3 is 1. The highest BCUT2D eigenvalue weighted by Gasteiger charge is 2.27. The zero-order valence-corrected chi connectivity index (χ0v) is 13.4. The summed E-state index contributed by atoms with van der Waals surface area (Å²) in [6, 6.07) is 1.58. The van der Waals surface area contributed by atoms with Crippen LogP contribution in [0.2, 0.25) is 0 Å². The maximum Gasteiger partial charge on any atom is 0.228 e. The summed E-state index contributed by atoms with van der Waals surface area (Å²) in [4.78, 5) is 10.5. The third-order valence-electron chi connectivity index (χ3n) is 3.48. The van der Waals surface area contributed by atoms with Crippen molar-refractivity contribution in [2.45, 2.75) is 38.0 Å². The first-order valence-electron chi connectivity index (χ1n) is 7.05. The molecule has 1 N–H and O–H groups in total. The molecular weight excluding hydrogens is 292 g/mol. The van der Waals surface area contributed by atoms with Crippen molar-refractivity contribution in [1.82, 2.24) is 14.7 Å². The van der Waals surface area contributed by atoms with Gasteiger partial charge in [0.15, 0.2) is 0 Å². The summed E-state index contributed by atoms with van der Waals surface area (Å²) in [5.41, 5.74) is 0. The Kier molecular flexibility index (Phi) is 5.00. The van der Waals surface area contributed by atoms with Crippen molar-refractivity contribution in [1.29, 1.82) is 0 Å². The van der Waals surface area contributed by atoms with Crippen LogP contribution in [0.1, 0.15) is 26.7 Å². The Morgan fingerprint density at radius 1 is 1.48 bits per heavy atom. The van der Waals surface area contributed by atoms with Gasteiger partial charge in [0.2, 0.25) is 21.9 Å². The Labute approximate surface area is 125 Å². The van der Waals surface area contributed by atoms with E-state index in [1.807, 2.05) is 4.90 Å². The summed E-state index contributed by atoms with van der Waals surface area (Å²) < 4.78 is 31.8. The molecule has 7 nitrogen and oxygen atoms in total. The molecule has 0 bridgehead atoms. The van der Waals surface area contributed by atoms with Gasteiger partial charge in [-0.2, -0.15) is 4.98 Å². The number of anilines is 1. The van der Waals surface area contributed by atoms with Crippen LogP contribution >= 0.6 is 0 Å². The van der Waals surface area contributed by atoms with Crippen LogP contribution in [0.4, 0.5) is 5.95 Å². The maximum atomic E-state index is 12.0. The van der Waals surface area contributed by atoms with Crippen LogP contribution < -0.4 is 14.4 Å². The summed E-state index contributed by atoms with van der Waals surface area (Å²) in [5.74, 6) is 1.08.